The minimum Gasteiger partial charge on any atom is -0.206 e. The maximum atomic E-state index is 11.9. The lowest BCUT2D eigenvalue weighted by Crippen LogP contribution is -2.52. The summed E-state index contributed by atoms with van der Waals surface area (Å²) in [5, 5.41) is 0. The van der Waals surface area contributed by atoms with E-state index in [1.807, 2.05) is 0 Å². The molecule has 0 aromatic heterocycles. The summed E-state index contributed by atoms with van der Waals surface area (Å²) in [7, 11) is 0. The number of hydrogen-bond donors (Lipinski definition) is 0. The van der Waals surface area contributed by atoms with Crippen LogP contribution in [0.4, 0.5) is 35.1 Å². The van der Waals surface area contributed by atoms with Gasteiger partial charge in [-0.25, -0.2) is 4.39 Å². The SMILES string of the molecule is C=C(F)C(F)(F)C(F)(F)C(F)(F)F. The molecule has 8 heteroatoms. The quantitative estimate of drug-likeness (QED) is 0.618. The van der Waals surface area contributed by atoms with Crippen molar-refractivity contribution in [2.45, 2.75) is 18.0 Å². The summed E-state index contributed by atoms with van der Waals surface area (Å²) in [5.41, 5.74) is 0. The lowest BCUT2D eigenvalue weighted by atomic mass is 10.1. The van der Waals surface area contributed by atoms with E-state index in [9.17, 15) is 35.1 Å². The zero-order valence-corrected chi connectivity index (χ0v) is 5.73. The lowest BCUT2D eigenvalue weighted by molar-refractivity contribution is -0.347. The van der Waals surface area contributed by atoms with Gasteiger partial charge in [0.15, 0.2) is 5.83 Å². The molecule has 0 N–H and O–H groups in total. The van der Waals surface area contributed by atoms with E-state index in [1.54, 1.807) is 6.58 Å². The van der Waals surface area contributed by atoms with Crippen molar-refractivity contribution in [1.82, 2.24) is 0 Å². The molecule has 0 rings (SSSR count). The van der Waals surface area contributed by atoms with Gasteiger partial charge in [-0.05, 0) is 0 Å². The Morgan fingerprint density at radius 2 is 1.15 bits per heavy atom. The summed E-state index contributed by atoms with van der Waals surface area (Å²) in [5.74, 6) is -15.4. The maximum absolute atomic E-state index is 11.9. The van der Waals surface area contributed by atoms with Crippen LogP contribution in [0.5, 0.6) is 0 Å². The van der Waals surface area contributed by atoms with Gasteiger partial charge in [0.25, 0.3) is 0 Å². The van der Waals surface area contributed by atoms with E-state index >= 15 is 0 Å². The monoisotopic (exact) mass is 214 g/mol. The Kier molecular flexibility index (Phi) is 2.67. The predicted molar refractivity (Wildman–Crippen MR) is 26.2 cm³/mol. The Hall–Kier alpha value is -0.820. The van der Waals surface area contributed by atoms with Crippen molar-refractivity contribution in [3.8, 4) is 0 Å². The number of hydrogen-bond acceptors (Lipinski definition) is 0. The second kappa shape index (κ2) is 2.85. The molecule has 0 spiro atoms. The van der Waals surface area contributed by atoms with Crippen LogP contribution in [0.3, 0.4) is 0 Å². The van der Waals surface area contributed by atoms with Crippen LogP contribution >= 0.6 is 0 Å². The highest BCUT2D eigenvalue weighted by molar-refractivity contribution is 5.08. The molecule has 0 aliphatic rings. The minimum absolute atomic E-state index is 1.71. The van der Waals surface area contributed by atoms with Gasteiger partial charge in [0, 0.05) is 0 Å². The van der Waals surface area contributed by atoms with Crippen LogP contribution < -0.4 is 0 Å². The topological polar surface area (TPSA) is 0 Å². The first kappa shape index (κ1) is 12.2. The van der Waals surface area contributed by atoms with Crippen molar-refractivity contribution < 1.29 is 35.1 Å². The Bertz CT molecular complexity index is 211. The van der Waals surface area contributed by atoms with Crippen LogP contribution in [0.1, 0.15) is 0 Å². The first-order valence-corrected chi connectivity index (χ1v) is 2.62. The van der Waals surface area contributed by atoms with Crippen LogP contribution in [-0.4, -0.2) is 18.0 Å². The fourth-order valence-corrected chi connectivity index (χ4v) is 0.348. The molecule has 13 heavy (non-hydrogen) atoms. The van der Waals surface area contributed by atoms with Crippen molar-refractivity contribution in [2.24, 2.45) is 0 Å². The maximum Gasteiger partial charge on any atom is 0.460 e. The molecule has 0 amide bonds. The van der Waals surface area contributed by atoms with E-state index in [0.717, 1.165) is 0 Å². The van der Waals surface area contributed by atoms with Gasteiger partial charge in [0.1, 0.15) is 0 Å². The Labute approximate surface area is 66.8 Å². The average molecular weight is 214 g/mol. The summed E-state index contributed by atoms with van der Waals surface area (Å²) in [6.45, 7) is 1.71. The molecule has 78 valence electrons. The third-order valence-electron chi connectivity index (χ3n) is 1.09. The number of allylic oxidation sites excluding steroid dienone is 1. The van der Waals surface area contributed by atoms with E-state index in [2.05, 4.69) is 0 Å². The van der Waals surface area contributed by atoms with Gasteiger partial charge in [-0.1, -0.05) is 6.58 Å². The first-order valence-electron chi connectivity index (χ1n) is 2.62. The smallest absolute Gasteiger partial charge is 0.206 e. The van der Waals surface area contributed by atoms with Crippen LogP contribution in [-0.2, 0) is 0 Å². The van der Waals surface area contributed by atoms with Crippen LogP contribution in [0, 0.1) is 0 Å². The number of alkyl halides is 7. The third kappa shape index (κ3) is 1.75. The second-order valence-corrected chi connectivity index (χ2v) is 2.05. The highest BCUT2D eigenvalue weighted by Gasteiger charge is 2.74. The van der Waals surface area contributed by atoms with E-state index < -0.39 is 23.8 Å². The van der Waals surface area contributed by atoms with Crippen LogP contribution in [0.15, 0.2) is 12.4 Å². The van der Waals surface area contributed by atoms with E-state index in [1.165, 1.54) is 0 Å². The molecule has 0 aliphatic heterocycles. The van der Waals surface area contributed by atoms with E-state index in [4.69, 9.17) is 0 Å². The molecule has 0 saturated heterocycles. The molecule has 0 aromatic rings. The van der Waals surface area contributed by atoms with Crippen molar-refractivity contribution in [2.75, 3.05) is 0 Å². The summed E-state index contributed by atoms with van der Waals surface area (Å²) < 4.78 is 92.7. The van der Waals surface area contributed by atoms with Gasteiger partial charge in [-0.2, -0.15) is 30.7 Å². The summed E-state index contributed by atoms with van der Waals surface area (Å²) in [6, 6.07) is 0. The Morgan fingerprint density at radius 1 is 0.846 bits per heavy atom. The number of halogens is 8. The molecule has 0 aromatic carbocycles. The van der Waals surface area contributed by atoms with Gasteiger partial charge in [-0.3, -0.25) is 0 Å². The average Bonchev–Trinajstić information content (AvgIpc) is 1.84. The first-order chi connectivity index (χ1) is 5.44. The van der Waals surface area contributed by atoms with Gasteiger partial charge < -0.3 is 0 Å². The van der Waals surface area contributed by atoms with E-state index in [-0.39, 0.29) is 0 Å². The molecular formula is C5H2F8. The molecular weight excluding hydrogens is 212 g/mol. The molecule has 0 unspecified atom stereocenters. The summed E-state index contributed by atoms with van der Waals surface area (Å²) >= 11 is 0. The highest BCUT2D eigenvalue weighted by atomic mass is 19.4. The summed E-state index contributed by atoms with van der Waals surface area (Å²) in [6.07, 6.45) is -6.52. The zero-order valence-electron chi connectivity index (χ0n) is 5.73. The molecule has 0 saturated carbocycles. The second-order valence-electron chi connectivity index (χ2n) is 2.05. The lowest BCUT2D eigenvalue weighted by Gasteiger charge is -2.26. The third-order valence-corrected chi connectivity index (χ3v) is 1.09. The number of rotatable bonds is 2. The van der Waals surface area contributed by atoms with Crippen LogP contribution in [0.25, 0.3) is 0 Å². The molecule has 0 fully saturated rings. The molecule has 0 nitrogen and oxygen atoms in total. The van der Waals surface area contributed by atoms with Crippen molar-refractivity contribution >= 4 is 0 Å². The fraction of sp³-hybridized carbons (Fsp3) is 0.600. The summed E-state index contributed by atoms with van der Waals surface area (Å²) in [4.78, 5) is 0. The van der Waals surface area contributed by atoms with Crippen molar-refractivity contribution in [3.05, 3.63) is 12.4 Å². The van der Waals surface area contributed by atoms with Crippen molar-refractivity contribution in [1.29, 1.82) is 0 Å². The fourth-order valence-electron chi connectivity index (χ4n) is 0.348. The Balaban J connectivity index is 5.16. The standard InChI is InChI=1S/C5H2F8/c1-2(6)3(7,8)4(9,10)5(11,12)13/h1H2. The molecule has 0 radical (unpaired) electrons. The Morgan fingerprint density at radius 3 is 1.23 bits per heavy atom. The van der Waals surface area contributed by atoms with Gasteiger partial charge >= 0.3 is 18.0 Å². The highest BCUT2D eigenvalue weighted by Crippen LogP contribution is 2.49. The van der Waals surface area contributed by atoms with Gasteiger partial charge in [-0.15, -0.1) is 0 Å². The predicted octanol–water partition coefficient (Wildman–Crippen LogP) is 3.30. The van der Waals surface area contributed by atoms with Crippen molar-refractivity contribution in [3.63, 3.8) is 0 Å². The molecule has 0 aliphatic carbocycles. The molecule has 0 heterocycles. The molecule has 0 atom stereocenters. The van der Waals surface area contributed by atoms with Gasteiger partial charge in [0.05, 0.1) is 0 Å². The molecule has 0 bridgehead atoms. The largest absolute Gasteiger partial charge is 0.460 e. The van der Waals surface area contributed by atoms with Gasteiger partial charge in [0.2, 0.25) is 0 Å². The normalized spacial score (nSPS) is 14.5. The zero-order chi connectivity index (χ0) is 11.1. The minimum atomic E-state index is -6.52. The van der Waals surface area contributed by atoms with Crippen LogP contribution in [0.2, 0.25) is 0 Å². The van der Waals surface area contributed by atoms with E-state index in [0.29, 0.717) is 0 Å².